The smallest absolute Gasteiger partial charge is 0.244 e. The molecule has 0 aliphatic carbocycles. The van der Waals surface area contributed by atoms with Crippen LogP contribution in [-0.2, 0) is 26.0 Å². The zero-order chi connectivity index (χ0) is 25.5. The van der Waals surface area contributed by atoms with E-state index in [1.54, 1.807) is 24.3 Å². The van der Waals surface area contributed by atoms with Gasteiger partial charge in [-0.1, -0.05) is 61.0 Å². The highest BCUT2D eigenvalue weighted by molar-refractivity contribution is 7.92. The van der Waals surface area contributed by atoms with Gasteiger partial charge in [-0.05, 0) is 51.3 Å². The Hall–Kier alpha value is -2.58. The molecule has 2 rings (SSSR count). The van der Waals surface area contributed by atoms with E-state index in [2.05, 4.69) is 5.32 Å². The van der Waals surface area contributed by atoms with Crippen LogP contribution in [0.1, 0.15) is 39.7 Å². The first-order valence-electron chi connectivity index (χ1n) is 11.2. The van der Waals surface area contributed by atoms with Crippen molar-refractivity contribution >= 4 is 39.1 Å². The Bertz CT molecular complexity index is 1080. The predicted molar refractivity (Wildman–Crippen MR) is 137 cm³/mol. The van der Waals surface area contributed by atoms with Gasteiger partial charge in [0.1, 0.15) is 12.6 Å². The van der Waals surface area contributed by atoms with E-state index in [4.69, 9.17) is 11.6 Å². The van der Waals surface area contributed by atoms with Gasteiger partial charge in [0.15, 0.2) is 0 Å². The largest absolute Gasteiger partial charge is 0.350 e. The Morgan fingerprint density at radius 2 is 1.62 bits per heavy atom. The molecule has 1 unspecified atom stereocenters. The topological polar surface area (TPSA) is 86.8 Å². The summed E-state index contributed by atoms with van der Waals surface area (Å²) in [7, 11) is -3.82. The van der Waals surface area contributed by atoms with Crippen LogP contribution in [0.2, 0.25) is 5.02 Å². The van der Waals surface area contributed by atoms with Crippen LogP contribution in [0.25, 0.3) is 0 Å². The second kappa shape index (κ2) is 11.7. The van der Waals surface area contributed by atoms with Crippen LogP contribution in [-0.4, -0.2) is 56.1 Å². The standard InChI is InChI=1S/C25H34ClN3O4S/c1-6-21(24(31)27-25(2,3)4)28(17-16-19-12-8-7-9-13-19)23(30)18-29(34(5,32)33)22-15-11-10-14-20(22)26/h7-15,21H,6,16-18H2,1-5H3,(H,27,31). The van der Waals surface area contributed by atoms with Gasteiger partial charge in [-0.25, -0.2) is 8.42 Å². The van der Waals surface area contributed by atoms with Gasteiger partial charge in [0.2, 0.25) is 21.8 Å². The van der Waals surface area contributed by atoms with Crippen LogP contribution in [0.15, 0.2) is 54.6 Å². The molecule has 0 aromatic heterocycles. The summed E-state index contributed by atoms with van der Waals surface area (Å²) in [5.74, 6) is -0.753. The highest BCUT2D eigenvalue weighted by Gasteiger charge is 2.33. The van der Waals surface area contributed by atoms with E-state index < -0.39 is 34.1 Å². The SMILES string of the molecule is CCC(C(=O)NC(C)(C)C)N(CCc1ccccc1)C(=O)CN(c1ccccc1Cl)S(C)(=O)=O. The Morgan fingerprint density at radius 1 is 1.03 bits per heavy atom. The first kappa shape index (κ1) is 27.7. The number of carbonyl (C=O) groups excluding carboxylic acids is 2. The fourth-order valence-corrected chi connectivity index (χ4v) is 4.75. The third-order valence-corrected chi connectivity index (χ3v) is 6.61. The summed E-state index contributed by atoms with van der Waals surface area (Å²) in [6.45, 7) is 7.25. The van der Waals surface area contributed by atoms with E-state index in [-0.39, 0.29) is 23.2 Å². The lowest BCUT2D eigenvalue weighted by molar-refractivity contribution is -0.140. The van der Waals surface area contributed by atoms with Crippen molar-refractivity contribution in [3.05, 3.63) is 65.2 Å². The fourth-order valence-electron chi connectivity index (χ4n) is 3.60. The molecule has 1 N–H and O–H groups in total. The molecule has 7 nitrogen and oxygen atoms in total. The Labute approximate surface area is 208 Å². The molecule has 1 atom stereocenters. The summed E-state index contributed by atoms with van der Waals surface area (Å²) in [4.78, 5) is 28.1. The number of amides is 2. The van der Waals surface area contributed by atoms with Crippen molar-refractivity contribution in [3.8, 4) is 0 Å². The number of nitrogens with zero attached hydrogens (tertiary/aromatic N) is 2. The molecule has 0 radical (unpaired) electrons. The quantitative estimate of drug-likeness (QED) is 0.529. The number of para-hydroxylation sites is 1. The van der Waals surface area contributed by atoms with Crippen LogP contribution in [0.5, 0.6) is 0 Å². The lowest BCUT2D eigenvalue weighted by Gasteiger charge is -2.34. The van der Waals surface area contributed by atoms with E-state index in [9.17, 15) is 18.0 Å². The van der Waals surface area contributed by atoms with E-state index in [1.807, 2.05) is 58.0 Å². The summed E-state index contributed by atoms with van der Waals surface area (Å²) >= 11 is 6.25. The van der Waals surface area contributed by atoms with Crippen molar-refractivity contribution in [1.82, 2.24) is 10.2 Å². The number of sulfonamides is 1. The van der Waals surface area contributed by atoms with Gasteiger partial charge in [0.05, 0.1) is 17.0 Å². The fraction of sp³-hybridized carbons (Fsp3) is 0.440. The zero-order valence-electron chi connectivity index (χ0n) is 20.4. The molecule has 0 aliphatic rings. The van der Waals surface area contributed by atoms with Gasteiger partial charge < -0.3 is 10.2 Å². The average Bonchev–Trinajstić information content (AvgIpc) is 2.74. The molecule has 2 aromatic rings. The summed E-state index contributed by atoms with van der Waals surface area (Å²) in [6.07, 6.45) is 1.94. The minimum atomic E-state index is -3.82. The molecular formula is C25H34ClN3O4S. The normalized spacial score (nSPS) is 12.6. The molecule has 186 valence electrons. The number of hydrogen-bond donors (Lipinski definition) is 1. The van der Waals surface area contributed by atoms with Crippen LogP contribution in [0.3, 0.4) is 0 Å². The molecule has 34 heavy (non-hydrogen) atoms. The molecule has 0 saturated carbocycles. The molecule has 0 saturated heterocycles. The minimum Gasteiger partial charge on any atom is -0.350 e. The third-order valence-electron chi connectivity index (χ3n) is 5.17. The molecule has 2 amide bonds. The maximum absolute atomic E-state index is 13.6. The summed E-state index contributed by atoms with van der Waals surface area (Å²) < 4.78 is 26.2. The molecule has 0 bridgehead atoms. The van der Waals surface area contributed by atoms with Gasteiger partial charge in [-0.15, -0.1) is 0 Å². The van der Waals surface area contributed by atoms with Gasteiger partial charge in [-0.2, -0.15) is 0 Å². The lowest BCUT2D eigenvalue weighted by Crippen LogP contribution is -2.56. The van der Waals surface area contributed by atoms with E-state index >= 15 is 0 Å². The number of benzene rings is 2. The second-order valence-electron chi connectivity index (χ2n) is 9.21. The van der Waals surface area contributed by atoms with E-state index in [0.717, 1.165) is 16.1 Å². The highest BCUT2D eigenvalue weighted by atomic mass is 35.5. The molecular weight excluding hydrogens is 474 g/mol. The molecule has 9 heteroatoms. The Kier molecular flexibility index (Phi) is 9.53. The number of halogens is 1. The number of anilines is 1. The van der Waals surface area contributed by atoms with Crippen molar-refractivity contribution in [1.29, 1.82) is 0 Å². The third kappa shape index (κ3) is 8.02. The van der Waals surface area contributed by atoms with Gasteiger partial charge >= 0.3 is 0 Å². The van der Waals surface area contributed by atoms with Crippen LogP contribution in [0.4, 0.5) is 5.69 Å². The summed E-state index contributed by atoms with van der Waals surface area (Å²) in [6, 6.07) is 15.3. The number of carbonyl (C=O) groups is 2. The van der Waals surface area contributed by atoms with Crippen molar-refractivity contribution in [3.63, 3.8) is 0 Å². The zero-order valence-corrected chi connectivity index (χ0v) is 22.0. The van der Waals surface area contributed by atoms with Gasteiger partial charge in [-0.3, -0.25) is 13.9 Å². The minimum absolute atomic E-state index is 0.217. The van der Waals surface area contributed by atoms with Crippen molar-refractivity contribution < 1.29 is 18.0 Å². The first-order chi connectivity index (χ1) is 15.8. The second-order valence-corrected chi connectivity index (χ2v) is 11.5. The van der Waals surface area contributed by atoms with E-state index in [0.29, 0.717) is 12.8 Å². The number of nitrogens with one attached hydrogen (secondary N) is 1. The summed E-state index contributed by atoms with van der Waals surface area (Å²) in [5.41, 5.74) is 0.752. The first-order valence-corrected chi connectivity index (χ1v) is 13.4. The molecule has 0 heterocycles. The summed E-state index contributed by atoms with van der Waals surface area (Å²) in [5, 5.41) is 3.16. The molecule has 0 aliphatic heterocycles. The maximum atomic E-state index is 13.6. The molecule has 2 aromatic carbocycles. The monoisotopic (exact) mass is 507 g/mol. The average molecular weight is 508 g/mol. The van der Waals surface area contributed by atoms with E-state index in [1.165, 1.54) is 4.90 Å². The van der Waals surface area contributed by atoms with Crippen molar-refractivity contribution in [2.45, 2.75) is 52.1 Å². The van der Waals surface area contributed by atoms with Crippen LogP contribution < -0.4 is 9.62 Å². The lowest BCUT2D eigenvalue weighted by atomic mass is 10.1. The molecule has 0 fully saturated rings. The molecule has 0 spiro atoms. The number of rotatable bonds is 10. The maximum Gasteiger partial charge on any atom is 0.244 e. The highest BCUT2D eigenvalue weighted by Crippen LogP contribution is 2.27. The van der Waals surface area contributed by atoms with Crippen molar-refractivity contribution in [2.24, 2.45) is 0 Å². The van der Waals surface area contributed by atoms with Gasteiger partial charge in [0.25, 0.3) is 0 Å². The predicted octanol–water partition coefficient (Wildman–Crippen LogP) is 3.87. The van der Waals surface area contributed by atoms with Crippen LogP contribution >= 0.6 is 11.6 Å². The van der Waals surface area contributed by atoms with Crippen molar-refractivity contribution in [2.75, 3.05) is 23.7 Å². The number of hydrogen-bond acceptors (Lipinski definition) is 4. The van der Waals surface area contributed by atoms with Crippen LogP contribution in [0, 0.1) is 0 Å². The Balaban J connectivity index is 2.39. The Morgan fingerprint density at radius 3 is 2.15 bits per heavy atom. The van der Waals surface area contributed by atoms with Gasteiger partial charge in [0, 0.05) is 12.1 Å².